The quantitative estimate of drug-likeness (QED) is 0.196. The topological polar surface area (TPSA) is 117 Å². The number of amides is 3. The van der Waals surface area contributed by atoms with E-state index in [1.54, 1.807) is 48.4 Å². The van der Waals surface area contributed by atoms with Gasteiger partial charge in [0, 0.05) is 30.7 Å². The minimum Gasteiger partial charge on any atom is -0.455 e. The second kappa shape index (κ2) is 15.5. The predicted molar refractivity (Wildman–Crippen MR) is 191 cm³/mol. The lowest BCUT2D eigenvalue weighted by Gasteiger charge is -2.40. The number of hydrogen-bond donors (Lipinski definition) is 1. The molecule has 0 radical (unpaired) electrons. The summed E-state index contributed by atoms with van der Waals surface area (Å²) in [6, 6.07) is 13.7. The number of aliphatic hydroxyl groups excluding tert-OH is 1. The lowest BCUT2D eigenvalue weighted by atomic mass is 9.70. The molecule has 3 aliphatic rings. The van der Waals surface area contributed by atoms with Crippen LogP contribution in [0.3, 0.4) is 0 Å². The van der Waals surface area contributed by atoms with Gasteiger partial charge in [-0.1, -0.05) is 67.9 Å². The fourth-order valence-corrected chi connectivity index (χ4v) is 8.09. The molecule has 3 heterocycles. The number of likely N-dealkylation sites (N-methyl/N-ethyl adjacent to an activating group) is 1. The van der Waals surface area contributed by atoms with Gasteiger partial charge in [0.2, 0.25) is 11.8 Å². The van der Waals surface area contributed by atoms with Crippen molar-refractivity contribution in [3.8, 4) is 0 Å². The summed E-state index contributed by atoms with van der Waals surface area (Å²) in [5.74, 6) is -3.77. The SMILES string of the molecule is C=CCCC(=O)N(C)[C@H](C)[C@H](OC(=O)[C@@H]1[C@@H]2CC[C@]3(O2)[C@H](C(=O)N(CC=C)c2ccc(Cl)cc2)N([C@@H](CO)C(C)C)C(=O)[C@@H]13)c1ccccc1. The number of aliphatic hydroxyl groups is 1. The highest BCUT2D eigenvalue weighted by atomic mass is 35.5. The molecule has 11 heteroatoms. The average Bonchev–Trinajstić information content (AvgIpc) is 3.76. The van der Waals surface area contributed by atoms with Crippen LogP contribution in [0.25, 0.3) is 0 Å². The molecule has 1 N–H and O–H groups in total. The third kappa shape index (κ3) is 6.73. The summed E-state index contributed by atoms with van der Waals surface area (Å²) in [4.78, 5) is 61.6. The molecule has 2 aromatic carbocycles. The van der Waals surface area contributed by atoms with Crippen LogP contribution in [0.2, 0.25) is 5.02 Å². The minimum absolute atomic E-state index is 0.118. The van der Waals surface area contributed by atoms with Crippen LogP contribution < -0.4 is 4.90 Å². The summed E-state index contributed by atoms with van der Waals surface area (Å²) in [5.41, 5.74) is -0.0557. The molecule has 2 bridgehead atoms. The first-order valence-electron chi connectivity index (χ1n) is 17.3. The molecule has 3 aliphatic heterocycles. The number of fused-ring (bicyclic) bond motifs is 1. The Morgan fingerprint density at radius 1 is 1.10 bits per heavy atom. The number of hydrogen-bond acceptors (Lipinski definition) is 7. The predicted octanol–water partition coefficient (Wildman–Crippen LogP) is 5.35. The van der Waals surface area contributed by atoms with Crippen molar-refractivity contribution >= 4 is 41.0 Å². The van der Waals surface area contributed by atoms with Crippen molar-refractivity contribution in [2.75, 3.05) is 25.1 Å². The Hall–Kier alpha value is -3.99. The molecule has 268 valence electrons. The molecule has 50 heavy (non-hydrogen) atoms. The number of halogens is 1. The van der Waals surface area contributed by atoms with Crippen LogP contribution in [-0.4, -0.2) is 88.6 Å². The Morgan fingerprint density at radius 3 is 2.38 bits per heavy atom. The number of rotatable bonds is 15. The minimum atomic E-state index is -1.32. The monoisotopic (exact) mass is 705 g/mol. The largest absolute Gasteiger partial charge is 0.455 e. The van der Waals surface area contributed by atoms with Crippen molar-refractivity contribution < 1.29 is 33.8 Å². The molecule has 3 fully saturated rings. The van der Waals surface area contributed by atoms with Gasteiger partial charge in [0.05, 0.1) is 36.6 Å². The van der Waals surface area contributed by atoms with Gasteiger partial charge in [-0.25, -0.2) is 0 Å². The van der Waals surface area contributed by atoms with Crippen LogP contribution >= 0.6 is 11.6 Å². The number of ether oxygens (including phenoxy) is 2. The van der Waals surface area contributed by atoms with Crippen LogP contribution in [0.15, 0.2) is 79.9 Å². The molecule has 0 unspecified atom stereocenters. The zero-order valence-electron chi connectivity index (χ0n) is 29.2. The van der Waals surface area contributed by atoms with Gasteiger partial charge in [-0.3, -0.25) is 19.2 Å². The molecular formula is C39H48ClN3O7. The number of carbonyl (C=O) groups excluding carboxylic acids is 4. The number of likely N-dealkylation sites (tertiary alicyclic amines) is 1. The van der Waals surface area contributed by atoms with Gasteiger partial charge in [0.25, 0.3) is 5.91 Å². The van der Waals surface area contributed by atoms with Gasteiger partial charge >= 0.3 is 5.97 Å². The number of benzene rings is 2. The Labute approximate surface area is 299 Å². The summed E-state index contributed by atoms with van der Waals surface area (Å²) in [6.45, 7) is 12.9. The van der Waals surface area contributed by atoms with E-state index >= 15 is 0 Å². The number of nitrogens with zero attached hydrogens (tertiary/aromatic N) is 3. The molecule has 0 aliphatic carbocycles. The highest BCUT2D eigenvalue weighted by molar-refractivity contribution is 6.30. The van der Waals surface area contributed by atoms with Crippen molar-refractivity contribution in [2.24, 2.45) is 17.8 Å². The average molecular weight is 706 g/mol. The molecule has 10 nitrogen and oxygen atoms in total. The number of esters is 1. The molecular weight excluding hydrogens is 658 g/mol. The smallest absolute Gasteiger partial charge is 0.313 e. The Bertz CT molecular complexity index is 1580. The van der Waals surface area contributed by atoms with Crippen molar-refractivity contribution in [1.29, 1.82) is 0 Å². The maximum atomic E-state index is 14.8. The van der Waals surface area contributed by atoms with E-state index in [2.05, 4.69) is 13.2 Å². The number of allylic oxidation sites excluding steroid dienone is 1. The van der Waals surface area contributed by atoms with Gasteiger partial charge in [-0.2, -0.15) is 0 Å². The van der Waals surface area contributed by atoms with Crippen molar-refractivity contribution in [3.05, 3.63) is 90.5 Å². The lowest BCUT2D eigenvalue weighted by molar-refractivity contribution is -0.165. The number of carbonyl (C=O) groups is 4. The van der Waals surface area contributed by atoms with Crippen LogP contribution in [0, 0.1) is 17.8 Å². The fraction of sp³-hybridized carbons (Fsp3) is 0.487. The van der Waals surface area contributed by atoms with Crippen molar-refractivity contribution in [3.63, 3.8) is 0 Å². The zero-order valence-corrected chi connectivity index (χ0v) is 30.0. The summed E-state index contributed by atoms with van der Waals surface area (Å²) in [5, 5.41) is 11.1. The summed E-state index contributed by atoms with van der Waals surface area (Å²) < 4.78 is 13.0. The van der Waals surface area contributed by atoms with E-state index in [-0.39, 0.29) is 31.4 Å². The highest BCUT2D eigenvalue weighted by Crippen LogP contribution is 2.59. The summed E-state index contributed by atoms with van der Waals surface area (Å²) in [7, 11) is 1.68. The normalized spacial score (nSPS) is 25.5. The molecule has 3 amide bonds. The van der Waals surface area contributed by atoms with E-state index in [0.29, 0.717) is 35.5 Å². The van der Waals surface area contributed by atoms with E-state index < -0.39 is 65.6 Å². The van der Waals surface area contributed by atoms with E-state index in [4.69, 9.17) is 21.1 Å². The molecule has 8 atom stereocenters. The van der Waals surface area contributed by atoms with E-state index in [9.17, 15) is 24.3 Å². The third-order valence-electron chi connectivity index (χ3n) is 10.7. The molecule has 3 saturated heterocycles. The fourth-order valence-electron chi connectivity index (χ4n) is 7.96. The van der Waals surface area contributed by atoms with E-state index in [0.717, 1.165) is 0 Å². The zero-order chi connectivity index (χ0) is 36.3. The second-order valence-corrected chi connectivity index (χ2v) is 14.3. The van der Waals surface area contributed by atoms with Crippen LogP contribution in [0.5, 0.6) is 0 Å². The van der Waals surface area contributed by atoms with Gasteiger partial charge in [0.15, 0.2) is 0 Å². The molecule has 0 aromatic heterocycles. The molecule has 0 saturated carbocycles. The van der Waals surface area contributed by atoms with E-state index in [1.165, 1.54) is 9.80 Å². The first-order chi connectivity index (χ1) is 23.9. The third-order valence-corrected chi connectivity index (χ3v) is 10.9. The van der Waals surface area contributed by atoms with Crippen molar-refractivity contribution in [2.45, 2.75) is 82.4 Å². The van der Waals surface area contributed by atoms with Gasteiger partial charge in [-0.05, 0) is 61.9 Å². The number of anilines is 1. The maximum absolute atomic E-state index is 14.8. The first-order valence-corrected chi connectivity index (χ1v) is 17.7. The standard InChI is InChI=1S/C39H48ClN3O7/c1-7-9-15-31(45)41(6)25(5)34(26-13-11-10-12-14-26)49-38(48)32-30-20-21-39(50-30)33(32)36(46)43(29(23-44)24(3)4)35(39)37(47)42(22-8-2)28-18-16-27(40)17-19-28/h7-8,10-14,16-19,24-25,29-30,32-35,44H,1-2,9,15,20-23H2,3-6H3/t25-,29+,30+,32-,33-,34+,35+,39-/m1/s1. The van der Waals surface area contributed by atoms with Gasteiger partial charge in [-0.15, -0.1) is 13.2 Å². The van der Waals surface area contributed by atoms with Crippen LogP contribution in [0.4, 0.5) is 5.69 Å². The molecule has 1 spiro atoms. The maximum Gasteiger partial charge on any atom is 0.313 e. The van der Waals surface area contributed by atoms with Gasteiger partial charge < -0.3 is 29.3 Å². The Morgan fingerprint density at radius 2 is 1.78 bits per heavy atom. The van der Waals surface area contributed by atoms with Crippen LogP contribution in [-0.2, 0) is 28.7 Å². The summed E-state index contributed by atoms with van der Waals surface area (Å²) in [6.07, 6.45) is 3.40. The summed E-state index contributed by atoms with van der Waals surface area (Å²) >= 11 is 6.16. The lowest BCUT2D eigenvalue weighted by Crippen LogP contribution is -2.59. The Balaban J connectivity index is 1.53. The Kier molecular flexibility index (Phi) is 11.5. The van der Waals surface area contributed by atoms with Crippen LogP contribution in [0.1, 0.15) is 58.1 Å². The van der Waals surface area contributed by atoms with Crippen molar-refractivity contribution in [1.82, 2.24) is 9.80 Å². The molecule has 5 rings (SSSR count). The van der Waals surface area contributed by atoms with Gasteiger partial charge in [0.1, 0.15) is 17.7 Å². The van der Waals surface area contributed by atoms with E-state index in [1.807, 2.05) is 51.1 Å². The first kappa shape index (κ1) is 37.3. The highest BCUT2D eigenvalue weighted by Gasteiger charge is 2.76. The second-order valence-electron chi connectivity index (χ2n) is 13.9. The molecule has 2 aromatic rings.